The maximum atomic E-state index is 5.08. The molecule has 0 bridgehead atoms. The quantitative estimate of drug-likeness (QED) is 0.900. The fourth-order valence-corrected chi connectivity index (χ4v) is 2.96. The standard InChI is InChI=1S/C15H21N5O/c1-21-11-14-17-19-20(18-14)15(12-5-3-2-4-6-12)13-7-9-16-10-8-13/h2-6,13,15-16H,7-11H2,1H3. The van der Waals surface area contributed by atoms with Crippen LogP contribution in [0.4, 0.5) is 0 Å². The van der Waals surface area contributed by atoms with E-state index in [1.807, 2.05) is 6.07 Å². The van der Waals surface area contributed by atoms with E-state index in [1.54, 1.807) is 11.9 Å². The number of aromatic nitrogens is 4. The minimum absolute atomic E-state index is 0.145. The number of benzene rings is 1. The molecule has 1 aliphatic heterocycles. The second-order valence-electron chi connectivity index (χ2n) is 5.40. The average Bonchev–Trinajstić information content (AvgIpc) is 2.98. The molecule has 0 amide bonds. The Kier molecular flexibility index (Phi) is 4.57. The van der Waals surface area contributed by atoms with Crippen LogP contribution < -0.4 is 5.32 Å². The molecule has 0 spiro atoms. The van der Waals surface area contributed by atoms with E-state index in [0.717, 1.165) is 25.9 Å². The van der Waals surface area contributed by atoms with Crippen LogP contribution in [0.25, 0.3) is 0 Å². The third-order valence-corrected chi connectivity index (χ3v) is 3.96. The summed E-state index contributed by atoms with van der Waals surface area (Å²) in [4.78, 5) is 1.76. The van der Waals surface area contributed by atoms with Gasteiger partial charge in [-0.15, -0.1) is 10.2 Å². The van der Waals surface area contributed by atoms with Crippen LogP contribution in [0.3, 0.4) is 0 Å². The van der Waals surface area contributed by atoms with Crippen LogP contribution in [0.5, 0.6) is 0 Å². The van der Waals surface area contributed by atoms with Gasteiger partial charge >= 0.3 is 0 Å². The summed E-state index contributed by atoms with van der Waals surface area (Å²) in [5, 5.41) is 16.3. The summed E-state index contributed by atoms with van der Waals surface area (Å²) >= 11 is 0. The second-order valence-corrected chi connectivity index (χ2v) is 5.40. The van der Waals surface area contributed by atoms with Crippen molar-refractivity contribution >= 4 is 0 Å². The van der Waals surface area contributed by atoms with E-state index < -0.39 is 0 Å². The first-order chi connectivity index (χ1) is 10.4. The Morgan fingerprint density at radius 2 is 2.05 bits per heavy atom. The summed E-state index contributed by atoms with van der Waals surface area (Å²) in [5.74, 6) is 1.16. The molecule has 1 aliphatic rings. The molecule has 0 radical (unpaired) electrons. The number of hydrogen-bond donors (Lipinski definition) is 1. The van der Waals surface area contributed by atoms with Crippen LogP contribution >= 0.6 is 0 Å². The van der Waals surface area contributed by atoms with Crippen LogP contribution in [0, 0.1) is 5.92 Å². The molecule has 6 nitrogen and oxygen atoms in total. The molecule has 112 valence electrons. The van der Waals surface area contributed by atoms with Crippen molar-refractivity contribution in [1.29, 1.82) is 0 Å². The van der Waals surface area contributed by atoms with Gasteiger partial charge in [-0.25, -0.2) is 0 Å². The lowest BCUT2D eigenvalue weighted by Crippen LogP contribution is -2.34. The lowest BCUT2D eigenvalue weighted by Gasteiger charge is -2.30. The Morgan fingerprint density at radius 3 is 2.76 bits per heavy atom. The highest BCUT2D eigenvalue weighted by molar-refractivity contribution is 5.20. The van der Waals surface area contributed by atoms with Crippen molar-refractivity contribution in [2.75, 3.05) is 20.2 Å². The molecule has 1 unspecified atom stereocenters. The van der Waals surface area contributed by atoms with Crippen LogP contribution in [0.15, 0.2) is 30.3 Å². The molecule has 1 N–H and O–H groups in total. The normalized spacial score (nSPS) is 17.8. The Hall–Kier alpha value is -1.79. The molecular weight excluding hydrogens is 266 g/mol. The first kappa shape index (κ1) is 14.2. The highest BCUT2D eigenvalue weighted by Gasteiger charge is 2.28. The van der Waals surface area contributed by atoms with Crippen molar-refractivity contribution in [1.82, 2.24) is 25.5 Å². The first-order valence-electron chi connectivity index (χ1n) is 7.41. The van der Waals surface area contributed by atoms with Crippen LogP contribution in [0.1, 0.15) is 30.3 Å². The van der Waals surface area contributed by atoms with Crippen LogP contribution in [-0.4, -0.2) is 40.4 Å². The Morgan fingerprint density at radius 1 is 1.29 bits per heavy atom. The number of rotatable bonds is 5. The highest BCUT2D eigenvalue weighted by atomic mass is 16.5. The van der Waals surface area contributed by atoms with Gasteiger partial charge in [-0.2, -0.15) is 4.80 Å². The Labute approximate surface area is 124 Å². The van der Waals surface area contributed by atoms with E-state index in [4.69, 9.17) is 4.74 Å². The SMILES string of the molecule is COCc1nnn(C(c2ccccc2)C2CCNCC2)n1. The van der Waals surface area contributed by atoms with Crippen molar-refractivity contribution in [3.05, 3.63) is 41.7 Å². The third-order valence-electron chi connectivity index (χ3n) is 3.96. The summed E-state index contributed by atoms with van der Waals surface area (Å²) in [5.41, 5.74) is 1.24. The van der Waals surface area contributed by atoms with E-state index >= 15 is 0 Å². The maximum Gasteiger partial charge on any atom is 0.200 e. The molecule has 21 heavy (non-hydrogen) atoms. The second kappa shape index (κ2) is 6.78. The third kappa shape index (κ3) is 3.28. The van der Waals surface area contributed by atoms with E-state index in [0.29, 0.717) is 18.3 Å². The molecule has 1 fully saturated rings. The van der Waals surface area contributed by atoms with Gasteiger partial charge in [0.25, 0.3) is 0 Å². The molecule has 2 aromatic rings. The lowest BCUT2D eigenvalue weighted by atomic mass is 9.86. The van der Waals surface area contributed by atoms with Crippen molar-refractivity contribution in [2.45, 2.75) is 25.5 Å². The van der Waals surface area contributed by atoms with Crippen LogP contribution in [0.2, 0.25) is 0 Å². The smallest absolute Gasteiger partial charge is 0.200 e. The number of tetrazole rings is 1. The molecule has 1 saturated heterocycles. The van der Waals surface area contributed by atoms with Gasteiger partial charge in [0, 0.05) is 7.11 Å². The molecule has 0 saturated carbocycles. The van der Waals surface area contributed by atoms with Crippen molar-refractivity contribution in [3.8, 4) is 0 Å². The van der Waals surface area contributed by atoms with E-state index in [1.165, 1.54) is 5.56 Å². The largest absolute Gasteiger partial charge is 0.377 e. The number of methoxy groups -OCH3 is 1. The zero-order valence-electron chi connectivity index (χ0n) is 12.3. The van der Waals surface area contributed by atoms with E-state index in [9.17, 15) is 0 Å². The Bertz CT molecular complexity index is 550. The van der Waals surface area contributed by atoms with Gasteiger partial charge in [0.05, 0.1) is 0 Å². The topological polar surface area (TPSA) is 64.9 Å². The van der Waals surface area contributed by atoms with Gasteiger partial charge in [0.2, 0.25) is 0 Å². The van der Waals surface area contributed by atoms with Crippen molar-refractivity contribution in [3.63, 3.8) is 0 Å². The number of nitrogens with one attached hydrogen (secondary N) is 1. The maximum absolute atomic E-state index is 5.08. The monoisotopic (exact) mass is 287 g/mol. The summed E-state index contributed by atoms with van der Waals surface area (Å²) in [6.45, 7) is 2.50. The minimum atomic E-state index is 0.145. The number of ether oxygens (including phenoxy) is 1. The number of piperidine rings is 1. The van der Waals surface area contributed by atoms with Gasteiger partial charge < -0.3 is 10.1 Å². The summed E-state index contributed by atoms with van der Waals surface area (Å²) in [6.07, 6.45) is 2.25. The average molecular weight is 287 g/mol. The fourth-order valence-electron chi connectivity index (χ4n) is 2.96. The zero-order chi connectivity index (χ0) is 14.5. The van der Waals surface area contributed by atoms with E-state index in [2.05, 4.69) is 45.0 Å². The van der Waals surface area contributed by atoms with Crippen LogP contribution in [-0.2, 0) is 11.3 Å². The fraction of sp³-hybridized carbons (Fsp3) is 0.533. The Balaban J connectivity index is 1.90. The molecule has 1 aromatic carbocycles. The van der Waals surface area contributed by atoms with Gasteiger partial charge in [-0.3, -0.25) is 0 Å². The molecule has 6 heteroatoms. The highest BCUT2D eigenvalue weighted by Crippen LogP contribution is 2.31. The zero-order valence-corrected chi connectivity index (χ0v) is 12.3. The molecule has 1 aromatic heterocycles. The lowest BCUT2D eigenvalue weighted by molar-refractivity contribution is 0.176. The summed E-state index contributed by atoms with van der Waals surface area (Å²) < 4.78 is 5.08. The van der Waals surface area contributed by atoms with Gasteiger partial charge in [-0.05, 0) is 42.6 Å². The number of hydrogen-bond acceptors (Lipinski definition) is 5. The summed E-state index contributed by atoms with van der Waals surface area (Å²) in [6, 6.07) is 10.6. The van der Waals surface area contributed by atoms with E-state index in [-0.39, 0.29) is 6.04 Å². The van der Waals surface area contributed by atoms with Gasteiger partial charge in [0.1, 0.15) is 12.6 Å². The first-order valence-corrected chi connectivity index (χ1v) is 7.41. The van der Waals surface area contributed by atoms with Crippen molar-refractivity contribution in [2.24, 2.45) is 5.92 Å². The molecule has 3 rings (SSSR count). The van der Waals surface area contributed by atoms with Crippen molar-refractivity contribution < 1.29 is 4.74 Å². The molecule has 0 aliphatic carbocycles. The molecular formula is C15H21N5O. The summed E-state index contributed by atoms with van der Waals surface area (Å²) in [7, 11) is 1.64. The minimum Gasteiger partial charge on any atom is -0.377 e. The van der Waals surface area contributed by atoms with Gasteiger partial charge in [-0.1, -0.05) is 30.3 Å². The predicted molar refractivity (Wildman–Crippen MR) is 78.7 cm³/mol. The van der Waals surface area contributed by atoms with Gasteiger partial charge in [0.15, 0.2) is 5.82 Å². The molecule has 2 heterocycles. The predicted octanol–water partition coefficient (Wildman–Crippen LogP) is 1.41. The number of nitrogens with zero attached hydrogens (tertiary/aromatic N) is 4. The molecule has 1 atom stereocenters.